The number of hydrogen-bond donors (Lipinski definition) is 2. The molecule has 1 aliphatic heterocycles. The Kier molecular flexibility index (Phi) is 5.81. The summed E-state index contributed by atoms with van der Waals surface area (Å²) in [5.74, 6) is -0.255. The Balaban J connectivity index is 1.78. The molecular weight excluding hydrogens is 418 g/mol. The SMILES string of the molecule is CN1CCN(c2ncnc(NNC(=O)c3ccc(Br)cc3)c2[N+](=O)[O-])CC1. The van der Waals surface area contributed by atoms with E-state index in [1.807, 2.05) is 11.9 Å². The van der Waals surface area contributed by atoms with Gasteiger partial charge in [-0.2, -0.15) is 0 Å². The van der Waals surface area contributed by atoms with E-state index in [0.29, 0.717) is 18.7 Å². The number of halogens is 1. The number of benzene rings is 1. The molecule has 142 valence electrons. The highest BCUT2D eigenvalue weighted by atomic mass is 79.9. The smallest absolute Gasteiger partial charge is 0.348 e. The van der Waals surface area contributed by atoms with Crippen molar-refractivity contribution in [1.82, 2.24) is 20.3 Å². The van der Waals surface area contributed by atoms with E-state index >= 15 is 0 Å². The Morgan fingerprint density at radius 2 is 1.85 bits per heavy atom. The van der Waals surface area contributed by atoms with Crippen LogP contribution in [0.1, 0.15) is 10.4 Å². The minimum absolute atomic E-state index is 0.0608. The van der Waals surface area contributed by atoms with E-state index in [1.54, 1.807) is 24.3 Å². The monoisotopic (exact) mass is 435 g/mol. The van der Waals surface area contributed by atoms with Gasteiger partial charge in [-0.1, -0.05) is 15.9 Å². The maximum absolute atomic E-state index is 12.2. The van der Waals surface area contributed by atoms with E-state index in [-0.39, 0.29) is 17.3 Å². The molecule has 0 aliphatic carbocycles. The van der Waals surface area contributed by atoms with E-state index in [9.17, 15) is 14.9 Å². The van der Waals surface area contributed by atoms with Crippen molar-refractivity contribution in [2.75, 3.05) is 43.6 Å². The largest absolute Gasteiger partial charge is 0.355 e. The Hall–Kier alpha value is -2.79. The van der Waals surface area contributed by atoms with Crippen LogP contribution in [0.3, 0.4) is 0 Å². The first-order chi connectivity index (χ1) is 13.0. The Labute approximate surface area is 163 Å². The number of likely N-dealkylation sites (N-methyl/N-ethyl adjacent to an activating group) is 1. The number of nitro groups is 1. The Bertz CT molecular complexity index is 838. The van der Waals surface area contributed by atoms with Crippen molar-refractivity contribution < 1.29 is 9.72 Å². The van der Waals surface area contributed by atoms with E-state index in [1.165, 1.54) is 6.33 Å². The van der Waals surface area contributed by atoms with Crippen molar-refractivity contribution in [3.63, 3.8) is 0 Å². The molecule has 0 saturated carbocycles. The highest BCUT2D eigenvalue weighted by Gasteiger charge is 2.29. The zero-order valence-electron chi connectivity index (χ0n) is 14.6. The molecule has 0 atom stereocenters. The summed E-state index contributed by atoms with van der Waals surface area (Å²) in [6.07, 6.45) is 1.24. The number of amides is 1. The molecule has 1 saturated heterocycles. The molecule has 10 nitrogen and oxygen atoms in total. The Morgan fingerprint density at radius 1 is 1.19 bits per heavy atom. The number of piperazine rings is 1. The van der Waals surface area contributed by atoms with Crippen LogP contribution in [-0.4, -0.2) is 58.9 Å². The fraction of sp³-hybridized carbons (Fsp3) is 0.312. The van der Waals surface area contributed by atoms with Gasteiger partial charge in [-0.05, 0) is 31.3 Å². The van der Waals surface area contributed by atoms with Crippen LogP contribution in [0.25, 0.3) is 0 Å². The van der Waals surface area contributed by atoms with Crippen molar-refractivity contribution in [2.24, 2.45) is 0 Å². The lowest BCUT2D eigenvalue weighted by molar-refractivity contribution is -0.383. The number of hydrogen-bond acceptors (Lipinski definition) is 8. The first kappa shape index (κ1) is 19.0. The lowest BCUT2D eigenvalue weighted by atomic mass is 10.2. The minimum atomic E-state index is -0.540. The molecule has 1 aromatic heterocycles. The second kappa shape index (κ2) is 8.27. The number of nitrogens with zero attached hydrogens (tertiary/aromatic N) is 5. The van der Waals surface area contributed by atoms with E-state index in [2.05, 4.69) is 41.6 Å². The molecule has 3 rings (SSSR count). The van der Waals surface area contributed by atoms with E-state index in [4.69, 9.17) is 0 Å². The number of carbonyl (C=O) groups is 1. The first-order valence-electron chi connectivity index (χ1n) is 8.20. The lowest BCUT2D eigenvalue weighted by Crippen LogP contribution is -2.45. The van der Waals surface area contributed by atoms with E-state index in [0.717, 1.165) is 17.6 Å². The van der Waals surface area contributed by atoms with Crippen LogP contribution >= 0.6 is 15.9 Å². The summed E-state index contributed by atoms with van der Waals surface area (Å²) in [7, 11) is 2.00. The molecule has 2 heterocycles. The van der Waals surface area contributed by atoms with Gasteiger partial charge < -0.3 is 9.80 Å². The van der Waals surface area contributed by atoms with Crippen molar-refractivity contribution in [2.45, 2.75) is 0 Å². The van der Waals surface area contributed by atoms with Crippen LogP contribution < -0.4 is 15.8 Å². The van der Waals surface area contributed by atoms with Crippen molar-refractivity contribution in [3.8, 4) is 0 Å². The zero-order valence-corrected chi connectivity index (χ0v) is 16.1. The molecule has 2 aromatic rings. The second-order valence-corrected chi connectivity index (χ2v) is 6.94. The average Bonchev–Trinajstić information content (AvgIpc) is 2.66. The van der Waals surface area contributed by atoms with Gasteiger partial charge in [0.2, 0.25) is 11.6 Å². The number of aromatic nitrogens is 2. The summed E-state index contributed by atoms with van der Waals surface area (Å²) in [4.78, 5) is 35.3. The van der Waals surface area contributed by atoms with Crippen LogP contribution in [0.5, 0.6) is 0 Å². The summed E-state index contributed by atoms with van der Waals surface area (Å²) >= 11 is 3.30. The zero-order chi connectivity index (χ0) is 19.4. The van der Waals surface area contributed by atoms with Crippen LogP contribution in [-0.2, 0) is 0 Å². The number of carbonyl (C=O) groups excluding carboxylic acids is 1. The third kappa shape index (κ3) is 4.49. The van der Waals surface area contributed by atoms with Gasteiger partial charge >= 0.3 is 5.69 Å². The summed E-state index contributed by atoms with van der Waals surface area (Å²) in [5.41, 5.74) is 5.13. The first-order valence-corrected chi connectivity index (χ1v) is 9.00. The number of nitrogens with one attached hydrogen (secondary N) is 2. The normalized spacial score (nSPS) is 14.7. The van der Waals surface area contributed by atoms with Gasteiger partial charge in [-0.15, -0.1) is 0 Å². The fourth-order valence-corrected chi connectivity index (χ4v) is 2.93. The maximum atomic E-state index is 12.2. The molecule has 27 heavy (non-hydrogen) atoms. The third-order valence-corrected chi connectivity index (χ3v) is 4.72. The Morgan fingerprint density at radius 3 is 2.48 bits per heavy atom. The summed E-state index contributed by atoms with van der Waals surface area (Å²) in [5, 5.41) is 11.6. The van der Waals surface area contributed by atoms with Crippen molar-refractivity contribution in [3.05, 3.63) is 50.7 Å². The van der Waals surface area contributed by atoms with Gasteiger partial charge in [0, 0.05) is 36.2 Å². The molecule has 11 heteroatoms. The lowest BCUT2D eigenvalue weighted by Gasteiger charge is -2.32. The molecule has 0 radical (unpaired) electrons. The molecule has 0 unspecified atom stereocenters. The second-order valence-electron chi connectivity index (χ2n) is 6.03. The molecule has 1 fully saturated rings. The van der Waals surface area contributed by atoms with Crippen molar-refractivity contribution in [1.29, 1.82) is 0 Å². The minimum Gasteiger partial charge on any atom is -0.348 e. The van der Waals surface area contributed by atoms with Gasteiger partial charge in [0.25, 0.3) is 5.91 Å². The fourth-order valence-electron chi connectivity index (χ4n) is 2.67. The average molecular weight is 436 g/mol. The maximum Gasteiger partial charge on any atom is 0.355 e. The van der Waals surface area contributed by atoms with Gasteiger partial charge in [0.15, 0.2) is 0 Å². The van der Waals surface area contributed by atoms with Gasteiger partial charge in [0.1, 0.15) is 6.33 Å². The molecule has 1 aliphatic rings. The van der Waals surface area contributed by atoms with Crippen LogP contribution in [0.4, 0.5) is 17.3 Å². The molecule has 0 bridgehead atoms. The topological polar surface area (TPSA) is 117 Å². The highest BCUT2D eigenvalue weighted by Crippen LogP contribution is 2.31. The predicted octanol–water partition coefficient (Wildman–Crippen LogP) is 1.66. The van der Waals surface area contributed by atoms with Gasteiger partial charge in [-0.25, -0.2) is 9.97 Å². The molecule has 0 spiro atoms. The standard InChI is InChI=1S/C16H18BrN7O3/c1-22-6-8-23(9-7-22)15-13(24(26)27)14(18-10-19-15)20-21-16(25)11-2-4-12(17)5-3-11/h2-5,10H,6-9H2,1H3,(H,21,25)(H,18,19,20). The van der Waals surface area contributed by atoms with Crippen LogP contribution in [0, 0.1) is 10.1 Å². The van der Waals surface area contributed by atoms with Gasteiger partial charge in [0.05, 0.1) is 4.92 Å². The third-order valence-electron chi connectivity index (χ3n) is 4.19. The van der Waals surface area contributed by atoms with E-state index < -0.39 is 10.8 Å². The summed E-state index contributed by atoms with van der Waals surface area (Å²) in [6.45, 7) is 2.81. The number of anilines is 2. The molecule has 1 aromatic carbocycles. The number of hydrazine groups is 1. The molecule has 1 amide bonds. The summed E-state index contributed by atoms with van der Waals surface area (Å²) < 4.78 is 0.843. The van der Waals surface area contributed by atoms with Crippen molar-refractivity contribution >= 4 is 39.2 Å². The van der Waals surface area contributed by atoms with Crippen LogP contribution in [0.2, 0.25) is 0 Å². The van der Waals surface area contributed by atoms with Gasteiger partial charge in [-0.3, -0.25) is 25.8 Å². The summed E-state index contributed by atoms with van der Waals surface area (Å²) in [6, 6.07) is 6.72. The molecule has 2 N–H and O–H groups in total. The van der Waals surface area contributed by atoms with Crippen LogP contribution in [0.15, 0.2) is 35.1 Å². The quantitative estimate of drug-likeness (QED) is 0.537. The highest BCUT2D eigenvalue weighted by molar-refractivity contribution is 9.10. The molecular formula is C16H18BrN7O3. The predicted molar refractivity (Wildman–Crippen MR) is 104 cm³/mol. The number of rotatable bonds is 5.